The van der Waals surface area contributed by atoms with Crippen molar-refractivity contribution >= 4 is 6.03 Å². The van der Waals surface area contributed by atoms with Gasteiger partial charge in [0.25, 0.3) is 0 Å². The van der Waals surface area contributed by atoms with Gasteiger partial charge in [-0.2, -0.15) is 0 Å². The van der Waals surface area contributed by atoms with Gasteiger partial charge in [-0.15, -0.1) is 0 Å². The molecule has 2 rings (SSSR count). The number of aliphatic hydroxyl groups is 1. The summed E-state index contributed by atoms with van der Waals surface area (Å²) in [5, 5.41) is 13.0. The second-order valence-corrected chi connectivity index (χ2v) is 6.33. The quantitative estimate of drug-likeness (QED) is 0.778. The summed E-state index contributed by atoms with van der Waals surface area (Å²) in [6, 6.07) is -0.00248. The Labute approximate surface area is 122 Å². The van der Waals surface area contributed by atoms with Crippen LogP contribution in [-0.2, 0) is 0 Å². The number of carbonyl (C=O) groups excluding carboxylic acids is 1. The van der Waals surface area contributed by atoms with E-state index in [1.54, 1.807) is 4.90 Å². The largest absolute Gasteiger partial charge is 0.393 e. The fourth-order valence-electron chi connectivity index (χ4n) is 3.24. The number of hydrogen-bond donors (Lipinski definition) is 2. The van der Waals surface area contributed by atoms with E-state index in [0.717, 1.165) is 38.6 Å². The van der Waals surface area contributed by atoms with Gasteiger partial charge in [-0.05, 0) is 38.0 Å². The molecule has 2 aliphatic carbocycles. The number of allylic oxidation sites excluding steroid dienone is 2. The molecular formula is C16H28N2O2. The molecule has 0 aromatic rings. The Morgan fingerprint density at radius 3 is 2.80 bits per heavy atom. The zero-order valence-electron chi connectivity index (χ0n) is 12.6. The van der Waals surface area contributed by atoms with E-state index in [1.807, 2.05) is 7.05 Å². The van der Waals surface area contributed by atoms with Gasteiger partial charge >= 0.3 is 6.03 Å². The van der Waals surface area contributed by atoms with Crippen molar-refractivity contribution in [1.82, 2.24) is 10.2 Å². The highest BCUT2D eigenvalue weighted by Gasteiger charge is 2.25. The molecule has 114 valence electrons. The van der Waals surface area contributed by atoms with Gasteiger partial charge in [0.05, 0.1) is 6.10 Å². The second kappa shape index (κ2) is 7.67. The van der Waals surface area contributed by atoms with Crippen molar-refractivity contribution in [1.29, 1.82) is 0 Å². The Hall–Kier alpha value is -1.03. The minimum Gasteiger partial charge on any atom is -0.393 e. The highest BCUT2D eigenvalue weighted by molar-refractivity contribution is 5.73. The summed E-state index contributed by atoms with van der Waals surface area (Å²) in [4.78, 5) is 13.8. The van der Waals surface area contributed by atoms with Crippen LogP contribution in [0.25, 0.3) is 0 Å². The molecule has 0 radical (unpaired) electrons. The van der Waals surface area contributed by atoms with Gasteiger partial charge in [0.15, 0.2) is 0 Å². The van der Waals surface area contributed by atoms with Gasteiger partial charge in [-0.25, -0.2) is 4.79 Å². The van der Waals surface area contributed by atoms with Gasteiger partial charge in [0.1, 0.15) is 0 Å². The Morgan fingerprint density at radius 1 is 1.30 bits per heavy atom. The standard InChI is InChI=1S/C16H28N2O2/c1-18(12-14-9-5-6-10-15(14)19)16(20)17-11-13-7-3-2-4-8-13/h2-3,13-15,19H,4-12H2,1H3,(H,17,20)/t13-,14-,15-/m0/s1. The minimum absolute atomic E-state index is 0.00248. The van der Waals surface area contributed by atoms with E-state index in [0.29, 0.717) is 12.5 Å². The van der Waals surface area contributed by atoms with E-state index in [1.165, 1.54) is 12.8 Å². The van der Waals surface area contributed by atoms with Crippen molar-refractivity contribution in [3.05, 3.63) is 12.2 Å². The van der Waals surface area contributed by atoms with Gasteiger partial charge < -0.3 is 15.3 Å². The van der Waals surface area contributed by atoms with Gasteiger partial charge in [0, 0.05) is 26.1 Å². The van der Waals surface area contributed by atoms with Crippen LogP contribution >= 0.6 is 0 Å². The third-order valence-electron chi connectivity index (χ3n) is 4.64. The summed E-state index contributed by atoms with van der Waals surface area (Å²) in [7, 11) is 1.83. The lowest BCUT2D eigenvalue weighted by Crippen LogP contribution is -2.44. The number of aliphatic hydroxyl groups excluding tert-OH is 1. The first-order valence-corrected chi connectivity index (χ1v) is 7.99. The van der Waals surface area contributed by atoms with Gasteiger partial charge in [0.2, 0.25) is 0 Å². The van der Waals surface area contributed by atoms with Crippen molar-refractivity contribution in [2.24, 2.45) is 11.8 Å². The number of amides is 2. The highest BCUT2D eigenvalue weighted by atomic mass is 16.3. The Bertz CT molecular complexity index is 343. The topological polar surface area (TPSA) is 52.6 Å². The van der Waals surface area contributed by atoms with Crippen LogP contribution in [0.2, 0.25) is 0 Å². The normalized spacial score (nSPS) is 30.0. The van der Waals surface area contributed by atoms with Crippen LogP contribution in [0.15, 0.2) is 12.2 Å². The van der Waals surface area contributed by atoms with E-state index in [9.17, 15) is 9.90 Å². The molecule has 1 saturated carbocycles. The summed E-state index contributed by atoms with van der Waals surface area (Å²) in [6.45, 7) is 1.43. The minimum atomic E-state index is -0.234. The molecule has 20 heavy (non-hydrogen) atoms. The van der Waals surface area contributed by atoms with Crippen LogP contribution in [-0.4, -0.2) is 42.3 Å². The molecule has 0 aromatic heterocycles. The lowest BCUT2D eigenvalue weighted by atomic mass is 9.86. The van der Waals surface area contributed by atoms with E-state index < -0.39 is 0 Å². The molecule has 4 nitrogen and oxygen atoms in total. The first kappa shape index (κ1) is 15.4. The van der Waals surface area contributed by atoms with E-state index in [4.69, 9.17) is 0 Å². The zero-order valence-corrected chi connectivity index (χ0v) is 12.6. The predicted molar refractivity (Wildman–Crippen MR) is 80.5 cm³/mol. The number of hydrogen-bond acceptors (Lipinski definition) is 2. The third-order valence-corrected chi connectivity index (χ3v) is 4.64. The maximum atomic E-state index is 12.1. The van der Waals surface area contributed by atoms with Crippen LogP contribution in [0.4, 0.5) is 4.79 Å². The number of nitrogens with one attached hydrogen (secondary N) is 1. The molecule has 1 fully saturated rings. The van der Waals surface area contributed by atoms with Gasteiger partial charge in [-0.3, -0.25) is 0 Å². The molecule has 3 atom stereocenters. The average molecular weight is 280 g/mol. The lowest BCUT2D eigenvalue weighted by Gasteiger charge is -2.31. The van der Waals surface area contributed by atoms with Crippen molar-refractivity contribution in [3.8, 4) is 0 Å². The molecule has 0 heterocycles. The first-order valence-electron chi connectivity index (χ1n) is 7.99. The molecule has 0 unspecified atom stereocenters. The van der Waals surface area contributed by atoms with Crippen molar-refractivity contribution in [2.45, 2.75) is 51.0 Å². The molecule has 2 N–H and O–H groups in total. The molecule has 2 aliphatic rings. The maximum absolute atomic E-state index is 12.1. The molecule has 0 aromatic carbocycles. The molecule has 0 bridgehead atoms. The van der Waals surface area contributed by atoms with Crippen LogP contribution in [0.3, 0.4) is 0 Å². The molecule has 2 amide bonds. The molecule has 0 saturated heterocycles. The smallest absolute Gasteiger partial charge is 0.317 e. The van der Waals surface area contributed by atoms with Crippen LogP contribution < -0.4 is 5.32 Å². The number of urea groups is 1. The summed E-state index contributed by atoms with van der Waals surface area (Å²) in [5.74, 6) is 0.828. The molecule has 0 aliphatic heterocycles. The molecule has 4 heteroatoms. The van der Waals surface area contributed by atoms with E-state index in [-0.39, 0.29) is 18.1 Å². The van der Waals surface area contributed by atoms with Crippen molar-refractivity contribution in [2.75, 3.05) is 20.1 Å². The predicted octanol–water partition coefficient (Wildman–Crippen LogP) is 2.54. The Morgan fingerprint density at radius 2 is 2.10 bits per heavy atom. The van der Waals surface area contributed by atoms with Gasteiger partial charge in [-0.1, -0.05) is 25.0 Å². The summed E-state index contributed by atoms with van der Waals surface area (Å²) in [6.07, 6.45) is 11.8. The zero-order chi connectivity index (χ0) is 14.4. The van der Waals surface area contributed by atoms with Crippen LogP contribution in [0.1, 0.15) is 44.9 Å². The van der Waals surface area contributed by atoms with Crippen molar-refractivity contribution in [3.63, 3.8) is 0 Å². The fraction of sp³-hybridized carbons (Fsp3) is 0.812. The number of carbonyl (C=O) groups is 1. The molecular weight excluding hydrogens is 252 g/mol. The average Bonchev–Trinajstić information content (AvgIpc) is 2.48. The second-order valence-electron chi connectivity index (χ2n) is 6.33. The SMILES string of the molecule is CN(C[C@@H]1CCCC[C@@H]1O)C(=O)NC[C@H]1CC=CCC1. The highest BCUT2D eigenvalue weighted by Crippen LogP contribution is 2.25. The Balaban J connectivity index is 1.69. The lowest BCUT2D eigenvalue weighted by molar-refractivity contribution is 0.0564. The third kappa shape index (κ3) is 4.51. The monoisotopic (exact) mass is 280 g/mol. The van der Waals surface area contributed by atoms with E-state index in [2.05, 4.69) is 17.5 Å². The summed E-state index contributed by atoms with van der Waals surface area (Å²) in [5.41, 5.74) is 0. The van der Waals surface area contributed by atoms with Crippen molar-refractivity contribution < 1.29 is 9.90 Å². The maximum Gasteiger partial charge on any atom is 0.317 e. The van der Waals surface area contributed by atoms with Crippen LogP contribution in [0, 0.1) is 11.8 Å². The summed E-state index contributed by atoms with van der Waals surface area (Å²) < 4.78 is 0. The Kier molecular flexibility index (Phi) is 5.89. The number of rotatable bonds is 4. The number of nitrogens with zero attached hydrogens (tertiary/aromatic N) is 1. The molecule has 0 spiro atoms. The summed E-state index contributed by atoms with van der Waals surface area (Å²) >= 11 is 0. The fourth-order valence-corrected chi connectivity index (χ4v) is 3.24. The van der Waals surface area contributed by atoms with E-state index >= 15 is 0 Å². The first-order chi connectivity index (χ1) is 9.66. The van der Waals surface area contributed by atoms with Crippen LogP contribution in [0.5, 0.6) is 0 Å².